The topological polar surface area (TPSA) is 31.4 Å². The van der Waals surface area contributed by atoms with Crippen LogP contribution in [0, 0.1) is 6.92 Å². The number of aromatic nitrogens is 1. The molecule has 0 saturated heterocycles. The Hall–Kier alpha value is -2.33. The largest absolute Gasteiger partial charge is 0.497 e. The summed E-state index contributed by atoms with van der Waals surface area (Å²) in [6.07, 6.45) is 0. The third-order valence-electron chi connectivity index (χ3n) is 3.49. The number of hydrogen-bond acceptors (Lipinski definition) is 4. The van der Waals surface area contributed by atoms with E-state index in [1.807, 2.05) is 18.2 Å². The molecule has 0 aliphatic rings. The molecule has 0 N–H and O–H groups in total. The van der Waals surface area contributed by atoms with E-state index in [2.05, 4.69) is 36.6 Å². The van der Waals surface area contributed by atoms with Gasteiger partial charge in [-0.2, -0.15) is 0 Å². The molecule has 0 saturated carbocycles. The van der Waals surface area contributed by atoms with E-state index in [1.165, 1.54) is 5.56 Å². The molecule has 3 rings (SSSR count). The Balaban J connectivity index is 1.98. The molecule has 3 aromatic rings. The maximum Gasteiger partial charge on any atom is 0.131 e. The second-order valence-corrected chi connectivity index (χ2v) is 5.83. The Morgan fingerprint density at radius 3 is 2.41 bits per heavy atom. The highest BCUT2D eigenvalue weighted by Crippen LogP contribution is 2.35. The number of rotatable bonds is 4. The normalized spacial score (nSPS) is 10.5. The van der Waals surface area contributed by atoms with E-state index in [0.717, 1.165) is 33.3 Å². The van der Waals surface area contributed by atoms with Gasteiger partial charge in [0.05, 0.1) is 19.9 Å². The Morgan fingerprint density at radius 2 is 1.73 bits per heavy atom. The van der Waals surface area contributed by atoms with Gasteiger partial charge in [0, 0.05) is 22.6 Å². The predicted molar refractivity (Wildman–Crippen MR) is 90.8 cm³/mol. The van der Waals surface area contributed by atoms with Gasteiger partial charge in [-0.15, -0.1) is 11.3 Å². The highest BCUT2D eigenvalue weighted by Gasteiger charge is 2.12. The zero-order valence-electron chi connectivity index (χ0n) is 12.8. The zero-order chi connectivity index (χ0) is 15.5. The number of nitrogens with zero attached hydrogens (tertiary/aromatic N) is 1. The standard InChI is InChI=1S/C18H17NO2S/c1-12-4-6-13(7-5-12)18-19-16(11-22-18)15-9-8-14(20-2)10-17(15)21-3/h4-11H,1-3H3. The van der Waals surface area contributed by atoms with Crippen LogP contribution in [0.4, 0.5) is 0 Å². The molecule has 2 aromatic carbocycles. The van der Waals surface area contributed by atoms with Crippen LogP contribution < -0.4 is 9.47 Å². The summed E-state index contributed by atoms with van der Waals surface area (Å²) in [7, 11) is 3.30. The molecule has 4 heteroatoms. The summed E-state index contributed by atoms with van der Waals surface area (Å²) in [5, 5.41) is 3.06. The van der Waals surface area contributed by atoms with Crippen LogP contribution in [0.15, 0.2) is 47.8 Å². The molecular weight excluding hydrogens is 294 g/mol. The van der Waals surface area contributed by atoms with Gasteiger partial charge < -0.3 is 9.47 Å². The third kappa shape index (κ3) is 2.83. The number of hydrogen-bond donors (Lipinski definition) is 0. The fourth-order valence-electron chi connectivity index (χ4n) is 2.24. The van der Waals surface area contributed by atoms with Gasteiger partial charge in [0.15, 0.2) is 0 Å². The average molecular weight is 311 g/mol. The lowest BCUT2D eigenvalue weighted by molar-refractivity contribution is 0.395. The van der Waals surface area contributed by atoms with Crippen molar-refractivity contribution < 1.29 is 9.47 Å². The maximum atomic E-state index is 5.46. The minimum atomic E-state index is 0.764. The molecule has 112 valence electrons. The number of ether oxygens (including phenoxy) is 2. The zero-order valence-corrected chi connectivity index (χ0v) is 13.6. The van der Waals surface area contributed by atoms with Crippen LogP contribution in [0.1, 0.15) is 5.56 Å². The van der Waals surface area contributed by atoms with Crippen molar-refractivity contribution in [1.29, 1.82) is 0 Å². The summed E-state index contributed by atoms with van der Waals surface area (Å²) in [6.45, 7) is 2.08. The molecule has 1 heterocycles. The Labute approximate surface area is 134 Å². The lowest BCUT2D eigenvalue weighted by Gasteiger charge is -2.08. The molecule has 0 amide bonds. The van der Waals surface area contributed by atoms with Crippen molar-refractivity contribution in [2.75, 3.05) is 14.2 Å². The van der Waals surface area contributed by atoms with Crippen LogP contribution in [-0.4, -0.2) is 19.2 Å². The third-order valence-corrected chi connectivity index (χ3v) is 4.38. The van der Waals surface area contributed by atoms with Crippen molar-refractivity contribution >= 4 is 11.3 Å². The van der Waals surface area contributed by atoms with Gasteiger partial charge in [0.25, 0.3) is 0 Å². The molecule has 0 unspecified atom stereocenters. The summed E-state index contributed by atoms with van der Waals surface area (Å²) < 4.78 is 10.7. The molecule has 0 spiro atoms. The van der Waals surface area contributed by atoms with E-state index in [0.29, 0.717) is 0 Å². The molecule has 3 nitrogen and oxygen atoms in total. The quantitative estimate of drug-likeness (QED) is 0.693. The molecule has 0 atom stereocenters. The smallest absolute Gasteiger partial charge is 0.131 e. The van der Waals surface area contributed by atoms with Gasteiger partial charge in [-0.25, -0.2) is 4.98 Å². The van der Waals surface area contributed by atoms with Crippen LogP contribution >= 0.6 is 11.3 Å². The number of aryl methyl sites for hydroxylation is 1. The van der Waals surface area contributed by atoms with Crippen molar-refractivity contribution in [1.82, 2.24) is 4.98 Å². The SMILES string of the molecule is COc1ccc(-c2csc(-c3ccc(C)cc3)n2)c(OC)c1. The minimum Gasteiger partial charge on any atom is -0.497 e. The highest BCUT2D eigenvalue weighted by atomic mass is 32.1. The average Bonchev–Trinajstić information content (AvgIpc) is 3.04. The maximum absolute atomic E-state index is 5.46. The molecule has 1 aromatic heterocycles. The van der Waals surface area contributed by atoms with Crippen LogP contribution in [0.25, 0.3) is 21.8 Å². The Morgan fingerprint density at radius 1 is 0.955 bits per heavy atom. The monoisotopic (exact) mass is 311 g/mol. The molecule has 0 aliphatic heterocycles. The van der Waals surface area contributed by atoms with Gasteiger partial charge in [-0.3, -0.25) is 0 Å². The highest BCUT2D eigenvalue weighted by molar-refractivity contribution is 7.13. The second kappa shape index (κ2) is 6.20. The van der Waals surface area contributed by atoms with E-state index in [1.54, 1.807) is 25.6 Å². The van der Waals surface area contributed by atoms with Gasteiger partial charge in [0.1, 0.15) is 16.5 Å². The van der Waals surface area contributed by atoms with Crippen LogP contribution in [0.5, 0.6) is 11.5 Å². The summed E-state index contributed by atoms with van der Waals surface area (Å²) in [4.78, 5) is 4.74. The molecule has 22 heavy (non-hydrogen) atoms. The molecule has 0 bridgehead atoms. The molecule has 0 radical (unpaired) electrons. The lowest BCUT2D eigenvalue weighted by Crippen LogP contribution is -1.90. The van der Waals surface area contributed by atoms with Gasteiger partial charge in [0.2, 0.25) is 0 Å². The van der Waals surface area contributed by atoms with E-state index in [4.69, 9.17) is 14.5 Å². The predicted octanol–water partition coefficient (Wildman–Crippen LogP) is 4.80. The first-order valence-electron chi connectivity index (χ1n) is 6.96. The van der Waals surface area contributed by atoms with E-state index >= 15 is 0 Å². The van der Waals surface area contributed by atoms with Crippen molar-refractivity contribution in [3.05, 3.63) is 53.4 Å². The van der Waals surface area contributed by atoms with Crippen molar-refractivity contribution in [3.8, 4) is 33.3 Å². The van der Waals surface area contributed by atoms with Crippen LogP contribution in [0.3, 0.4) is 0 Å². The Kier molecular flexibility index (Phi) is 4.11. The number of benzene rings is 2. The van der Waals surface area contributed by atoms with Crippen LogP contribution in [-0.2, 0) is 0 Å². The first-order valence-corrected chi connectivity index (χ1v) is 7.84. The van der Waals surface area contributed by atoms with Gasteiger partial charge in [-0.05, 0) is 19.1 Å². The molecule has 0 fully saturated rings. The second-order valence-electron chi connectivity index (χ2n) is 4.97. The van der Waals surface area contributed by atoms with E-state index in [-0.39, 0.29) is 0 Å². The molecular formula is C18H17NO2S. The number of thiazole rings is 1. The first kappa shape index (κ1) is 14.6. The summed E-state index contributed by atoms with van der Waals surface area (Å²) >= 11 is 1.63. The van der Waals surface area contributed by atoms with Gasteiger partial charge in [-0.1, -0.05) is 29.8 Å². The lowest BCUT2D eigenvalue weighted by atomic mass is 10.1. The van der Waals surface area contributed by atoms with E-state index in [9.17, 15) is 0 Å². The van der Waals surface area contributed by atoms with Crippen molar-refractivity contribution in [2.45, 2.75) is 6.92 Å². The Bertz CT molecular complexity index is 778. The first-order chi connectivity index (χ1) is 10.7. The fourth-order valence-corrected chi connectivity index (χ4v) is 3.06. The fraction of sp³-hybridized carbons (Fsp3) is 0.167. The molecule has 0 aliphatic carbocycles. The van der Waals surface area contributed by atoms with Crippen molar-refractivity contribution in [2.24, 2.45) is 0 Å². The number of methoxy groups -OCH3 is 2. The summed E-state index contributed by atoms with van der Waals surface area (Å²) in [5.74, 6) is 1.54. The minimum absolute atomic E-state index is 0.764. The van der Waals surface area contributed by atoms with E-state index < -0.39 is 0 Å². The summed E-state index contributed by atoms with van der Waals surface area (Å²) in [5.41, 5.74) is 4.27. The van der Waals surface area contributed by atoms with Gasteiger partial charge >= 0.3 is 0 Å². The van der Waals surface area contributed by atoms with Crippen molar-refractivity contribution in [3.63, 3.8) is 0 Å². The van der Waals surface area contributed by atoms with Crippen LogP contribution in [0.2, 0.25) is 0 Å². The summed E-state index contributed by atoms with van der Waals surface area (Å²) in [6, 6.07) is 14.2.